The average Bonchev–Trinajstić information content (AvgIpc) is 3.03. The Balaban J connectivity index is 1.43. The van der Waals surface area contributed by atoms with Crippen LogP contribution in [-0.4, -0.2) is 28.5 Å². The van der Waals surface area contributed by atoms with E-state index in [0.717, 1.165) is 48.5 Å². The number of anilines is 2. The normalized spacial score (nSPS) is 15.2. The van der Waals surface area contributed by atoms with E-state index in [1.54, 1.807) is 0 Å². The lowest BCUT2D eigenvalue weighted by Crippen LogP contribution is -2.38. The van der Waals surface area contributed by atoms with E-state index in [4.69, 9.17) is 10.7 Å². The monoisotopic (exact) mass is 363 g/mol. The maximum atomic E-state index is 11.3. The molecule has 27 heavy (non-hydrogen) atoms. The fraction of sp³-hybridized carbons (Fsp3) is 0.333. The standard InChI is InChI=1S/C21H25N5O/c1-25-19-8-3-2-7-18(19)24-20(25)14-23-16-5-4-6-17(13-16)26-11-9-15(10-12-26)21(22)27/h2-8,13,15,23H,9-12,14H2,1H3,(H2,22,27). The van der Waals surface area contributed by atoms with Gasteiger partial charge in [0.05, 0.1) is 17.6 Å². The van der Waals surface area contributed by atoms with Gasteiger partial charge in [-0.15, -0.1) is 0 Å². The summed E-state index contributed by atoms with van der Waals surface area (Å²) < 4.78 is 2.13. The van der Waals surface area contributed by atoms with Crippen LogP contribution >= 0.6 is 0 Å². The topological polar surface area (TPSA) is 76.2 Å². The van der Waals surface area contributed by atoms with Gasteiger partial charge in [-0.25, -0.2) is 4.98 Å². The van der Waals surface area contributed by atoms with Crippen LogP contribution in [0.3, 0.4) is 0 Å². The van der Waals surface area contributed by atoms with Gasteiger partial charge in [0.25, 0.3) is 0 Å². The van der Waals surface area contributed by atoms with Crippen molar-refractivity contribution < 1.29 is 4.79 Å². The number of nitrogens with two attached hydrogens (primary N) is 1. The van der Waals surface area contributed by atoms with Crippen molar-refractivity contribution in [1.82, 2.24) is 9.55 Å². The molecule has 0 atom stereocenters. The molecule has 0 spiro atoms. The third-order valence-corrected chi connectivity index (χ3v) is 5.44. The number of nitrogens with one attached hydrogen (secondary N) is 1. The fourth-order valence-corrected chi connectivity index (χ4v) is 3.77. The van der Waals surface area contributed by atoms with Crippen molar-refractivity contribution in [2.24, 2.45) is 18.7 Å². The summed E-state index contributed by atoms with van der Waals surface area (Å²) in [6, 6.07) is 16.6. The average molecular weight is 363 g/mol. The van der Waals surface area contributed by atoms with Crippen molar-refractivity contribution in [2.45, 2.75) is 19.4 Å². The minimum Gasteiger partial charge on any atom is -0.378 e. The number of aryl methyl sites for hydroxylation is 1. The van der Waals surface area contributed by atoms with E-state index < -0.39 is 0 Å². The van der Waals surface area contributed by atoms with E-state index in [2.05, 4.69) is 45.1 Å². The van der Waals surface area contributed by atoms with Gasteiger partial charge < -0.3 is 20.5 Å². The lowest BCUT2D eigenvalue weighted by atomic mass is 9.96. The van der Waals surface area contributed by atoms with Crippen LogP contribution in [0.4, 0.5) is 11.4 Å². The van der Waals surface area contributed by atoms with Crippen LogP contribution in [0.25, 0.3) is 11.0 Å². The van der Waals surface area contributed by atoms with Crippen LogP contribution in [0.1, 0.15) is 18.7 Å². The van der Waals surface area contributed by atoms with Crippen LogP contribution < -0.4 is 16.0 Å². The molecule has 2 heterocycles. The highest BCUT2D eigenvalue weighted by Gasteiger charge is 2.23. The summed E-state index contributed by atoms with van der Waals surface area (Å²) in [6.45, 7) is 2.39. The van der Waals surface area contributed by atoms with Crippen LogP contribution in [0, 0.1) is 5.92 Å². The minimum atomic E-state index is -0.174. The molecule has 1 aliphatic rings. The van der Waals surface area contributed by atoms with Crippen LogP contribution in [-0.2, 0) is 18.4 Å². The second kappa shape index (κ2) is 7.31. The van der Waals surface area contributed by atoms with Crippen molar-refractivity contribution in [2.75, 3.05) is 23.3 Å². The van der Waals surface area contributed by atoms with E-state index in [1.807, 2.05) is 25.2 Å². The number of aromatic nitrogens is 2. The Labute approximate surface area is 159 Å². The number of hydrogen-bond donors (Lipinski definition) is 2. The van der Waals surface area contributed by atoms with Gasteiger partial charge in [0, 0.05) is 37.4 Å². The second-order valence-corrected chi connectivity index (χ2v) is 7.14. The highest BCUT2D eigenvalue weighted by Crippen LogP contribution is 2.26. The van der Waals surface area contributed by atoms with Crippen LogP contribution in [0.15, 0.2) is 48.5 Å². The number of fused-ring (bicyclic) bond motifs is 1. The summed E-state index contributed by atoms with van der Waals surface area (Å²) in [5.41, 5.74) is 9.83. The predicted octanol–water partition coefficient (Wildman–Crippen LogP) is 2.89. The second-order valence-electron chi connectivity index (χ2n) is 7.14. The number of para-hydroxylation sites is 2. The molecule has 140 valence electrons. The number of rotatable bonds is 5. The first kappa shape index (κ1) is 17.4. The molecule has 0 saturated carbocycles. The summed E-state index contributed by atoms with van der Waals surface area (Å²) >= 11 is 0. The molecule has 6 nitrogen and oxygen atoms in total. The molecule has 4 rings (SSSR count). The summed E-state index contributed by atoms with van der Waals surface area (Å²) in [5.74, 6) is 0.844. The summed E-state index contributed by atoms with van der Waals surface area (Å²) in [7, 11) is 2.05. The third-order valence-electron chi connectivity index (χ3n) is 5.44. The lowest BCUT2D eigenvalue weighted by molar-refractivity contribution is -0.122. The molecule has 3 aromatic rings. The zero-order valence-corrected chi connectivity index (χ0v) is 15.6. The summed E-state index contributed by atoms with van der Waals surface area (Å²) in [5, 5.41) is 3.49. The van der Waals surface area contributed by atoms with Crippen molar-refractivity contribution >= 4 is 28.3 Å². The molecule has 0 bridgehead atoms. The number of benzene rings is 2. The first-order valence-electron chi connectivity index (χ1n) is 9.40. The number of carbonyl (C=O) groups excluding carboxylic acids is 1. The molecule has 0 radical (unpaired) electrons. The maximum Gasteiger partial charge on any atom is 0.220 e. The van der Waals surface area contributed by atoms with Gasteiger partial charge in [0.2, 0.25) is 5.91 Å². The van der Waals surface area contributed by atoms with E-state index in [9.17, 15) is 4.79 Å². The SMILES string of the molecule is Cn1c(CNc2cccc(N3CCC(C(N)=O)CC3)c2)nc2ccccc21. The zero-order valence-electron chi connectivity index (χ0n) is 15.6. The van der Waals surface area contributed by atoms with Crippen LogP contribution in [0.5, 0.6) is 0 Å². The molecular formula is C21H25N5O. The summed E-state index contributed by atoms with van der Waals surface area (Å²) in [6.07, 6.45) is 1.65. The highest BCUT2D eigenvalue weighted by atomic mass is 16.1. The molecule has 1 aliphatic heterocycles. The number of amides is 1. The van der Waals surface area contributed by atoms with Crippen molar-refractivity contribution in [3.05, 3.63) is 54.4 Å². The van der Waals surface area contributed by atoms with Gasteiger partial charge in [-0.1, -0.05) is 18.2 Å². The van der Waals surface area contributed by atoms with E-state index in [0.29, 0.717) is 6.54 Å². The number of piperidine rings is 1. The van der Waals surface area contributed by atoms with Gasteiger partial charge in [-0.3, -0.25) is 4.79 Å². The Bertz CT molecular complexity index is 956. The maximum absolute atomic E-state index is 11.3. The van der Waals surface area contributed by atoms with Crippen molar-refractivity contribution in [1.29, 1.82) is 0 Å². The van der Waals surface area contributed by atoms with Gasteiger partial charge in [-0.2, -0.15) is 0 Å². The lowest BCUT2D eigenvalue weighted by Gasteiger charge is -2.32. The van der Waals surface area contributed by atoms with Gasteiger partial charge >= 0.3 is 0 Å². The van der Waals surface area contributed by atoms with Gasteiger partial charge in [-0.05, 0) is 43.2 Å². The molecular weight excluding hydrogens is 338 g/mol. The van der Waals surface area contributed by atoms with Crippen molar-refractivity contribution in [3.63, 3.8) is 0 Å². The quantitative estimate of drug-likeness (QED) is 0.731. The number of carbonyl (C=O) groups is 1. The molecule has 0 unspecified atom stereocenters. The van der Waals surface area contributed by atoms with Crippen molar-refractivity contribution in [3.8, 4) is 0 Å². The van der Waals surface area contributed by atoms with E-state index >= 15 is 0 Å². The molecule has 1 saturated heterocycles. The first-order chi connectivity index (χ1) is 13.1. The molecule has 1 amide bonds. The Morgan fingerprint density at radius 3 is 2.70 bits per heavy atom. The first-order valence-corrected chi connectivity index (χ1v) is 9.40. The number of nitrogens with zero attached hydrogens (tertiary/aromatic N) is 3. The smallest absolute Gasteiger partial charge is 0.220 e. The van der Waals surface area contributed by atoms with Crippen LogP contribution in [0.2, 0.25) is 0 Å². The number of primary amides is 1. The molecule has 6 heteroatoms. The van der Waals surface area contributed by atoms with E-state index in [-0.39, 0.29) is 11.8 Å². The Morgan fingerprint density at radius 1 is 1.19 bits per heavy atom. The largest absolute Gasteiger partial charge is 0.378 e. The molecule has 1 aromatic heterocycles. The predicted molar refractivity (Wildman–Crippen MR) is 109 cm³/mol. The number of imidazole rings is 1. The molecule has 3 N–H and O–H groups in total. The molecule has 0 aliphatic carbocycles. The van der Waals surface area contributed by atoms with E-state index in [1.165, 1.54) is 5.69 Å². The fourth-order valence-electron chi connectivity index (χ4n) is 3.77. The number of hydrogen-bond acceptors (Lipinski definition) is 4. The Kier molecular flexibility index (Phi) is 4.71. The Morgan fingerprint density at radius 2 is 1.96 bits per heavy atom. The minimum absolute atomic E-state index is 0.0140. The zero-order chi connectivity index (χ0) is 18.8. The molecule has 2 aromatic carbocycles. The highest BCUT2D eigenvalue weighted by molar-refractivity contribution is 5.77. The van der Waals surface area contributed by atoms with Gasteiger partial charge in [0.1, 0.15) is 5.82 Å². The third kappa shape index (κ3) is 3.60. The Hall–Kier alpha value is -3.02. The summed E-state index contributed by atoms with van der Waals surface area (Å²) in [4.78, 5) is 18.4. The van der Waals surface area contributed by atoms with Gasteiger partial charge in [0.15, 0.2) is 0 Å². The molecule has 1 fully saturated rings.